The Morgan fingerprint density at radius 1 is 1.33 bits per heavy atom. The van der Waals surface area contributed by atoms with Crippen LogP contribution in [0.5, 0.6) is 0 Å². The second-order valence-electron chi connectivity index (χ2n) is 5.47. The Morgan fingerprint density at radius 3 is 2.00 bits per heavy atom. The van der Waals surface area contributed by atoms with Crippen LogP contribution >= 0.6 is 0 Å². The zero-order chi connectivity index (χ0) is 11.6. The molecule has 0 radical (unpaired) electrons. The molecule has 0 aromatic heterocycles. The van der Waals surface area contributed by atoms with Gasteiger partial charge in [-0.2, -0.15) is 0 Å². The largest absolute Gasteiger partial charge is 1.00 e. The standard InChI is InChI=1S/C10H23N2O2.HI/c1-10(2,3)14-9(13)7-8(11)12(4,5)6;/h8H,7,11H2,1-6H3;1H/q+1;/p-1. The average Bonchev–Trinajstić information content (AvgIpc) is 1.79. The number of halogens is 1. The maximum absolute atomic E-state index is 11.4. The Kier molecular flexibility index (Phi) is 7.01. The molecule has 0 bridgehead atoms. The first kappa shape index (κ1) is 17.5. The van der Waals surface area contributed by atoms with Gasteiger partial charge in [0.25, 0.3) is 0 Å². The molecule has 0 spiro atoms. The van der Waals surface area contributed by atoms with E-state index < -0.39 is 5.60 Å². The van der Waals surface area contributed by atoms with Crippen molar-refractivity contribution in [3.05, 3.63) is 0 Å². The zero-order valence-corrected chi connectivity index (χ0v) is 12.7. The van der Waals surface area contributed by atoms with Crippen molar-refractivity contribution in [1.82, 2.24) is 0 Å². The molecule has 0 aliphatic rings. The molecule has 4 nitrogen and oxygen atoms in total. The minimum Gasteiger partial charge on any atom is -1.00 e. The lowest BCUT2D eigenvalue weighted by Gasteiger charge is -2.31. The Bertz CT molecular complexity index is 206. The number of ether oxygens (including phenoxy) is 1. The van der Waals surface area contributed by atoms with Gasteiger partial charge < -0.3 is 33.2 Å². The van der Waals surface area contributed by atoms with Gasteiger partial charge in [0.2, 0.25) is 0 Å². The van der Waals surface area contributed by atoms with Gasteiger partial charge in [0, 0.05) is 0 Å². The van der Waals surface area contributed by atoms with Crippen LogP contribution in [0.4, 0.5) is 0 Å². The summed E-state index contributed by atoms with van der Waals surface area (Å²) in [5.41, 5.74) is 5.41. The third kappa shape index (κ3) is 9.07. The number of rotatable bonds is 3. The van der Waals surface area contributed by atoms with E-state index in [1.807, 2.05) is 41.9 Å². The summed E-state index contributed by atoms with van der Waals surface area (Å²) in [5, 5.41) is 0. The van der Waals surface area contributed by atoms with Crippen molar-refractivity contribution in [2.75, 3.05) is 21.1 Å². The van der Waals surface area contributed by atoms with Gasteiger partial charge in [-0.25, -0.2) is 0 Å². The van der Waals surface area contributed by atoms with Crippen molar-refractivity contribution in [2.45, 2.75) is 39.0 Å². The highest BCUT2D eigenvalue weighted by Crippen LogP contribution is 2.10. The second-order valence-corrected chi connectivity index (χ2v) is 5.47. The SMILES string of the molecule is CC(C)(C)OC(=O)CC(N)[N+](C)(C)C.[I-]. The smallest absolute Gasteiger partial charge is 0.313 e. The van der Waals surface area contributed by atoms with E-state index in [0.29, 0.717) is 4.48 Å². The average molecular weight is 330 g/mol. The Balaban J connectivity index is 0. The van der Waals surface area contributed by atoms with Crippen LogP contribution in [0.25, 0.3) is 0 Å². The first-order valence-corrected chi connectivity index (χ1v) is 4.81. The summed E-state index contributed by atoms with van der Waals surface area (Å²) in [5.74, 6) is -0.238. The molecule has 2 N–H and O–H groups in total. The molecule has 0 amide bonds. The monoisotopic (exact) mass is 330 g/mol. The van der Waals surface area contributed by atoms with Crippen LogP contribution in [-0.2, 0) is 9.53 Å². The normalized spacial score (nSPS) is 14.1. The van der Waals surface area contributed by atoms with E-state index in [1.165, 1.54) is 0 Å². The molecule has 0 heterocycles. The van der Waals surface area contributed by atoms with E-state index in [0.717, 1.165) is 0 Å². The highest BCUT2D eigenvalue weighted by atomic mass is 127. The molecule has 0 aromatic rings. The molecule has 0 fully saturated rings. The summed E-state index contributed by atoms with van der Waals surface area (Å²) in [4.78, 5) is 11.4. The first-order chi connectivity index (χ1) is 6.02. The quantitative estimate of drug-likeness (QED) is 0.274. The number of nitrogens with zero attached hydrogens (tertiary/aromatic N) is 1. The predicted octanol–water partition coefficient (Wildman–Crippen LogP) is -2.29. The summed E-state index contributed by atoms with van der Waals surface area (Å²) in [6.07, 6.45) is 0.0330. The van der Waals surface area contributed by atoms with Gasteiger partial charge in [-0.3, -0.25) is 10.5 Å². The van der Waals surface area contributed by atoms with Crippen molar-refractivity contribution >= 4 is 5.97 Å². The summed E-state index contributed by atoms with van der Waals surface area (Å²) in [6.45, 7) is 5.55. The van der Waals surface area contributed by atoms with Crippen molar-refractivity contribution in [1.29, 1.82) is 0 Å². The van der Waals surface area contributed by atoms with Crippen molar-refractivity contribution in [3.8, 4) is 0 Å². The van der Waals surface area contributed by atoms with E-state index in [4.69, 9.17) is 10.5 Å². The van der Waals surface area contributed by atoms with E-state index >= 15 is 0 Å². The summed E-state index contributed by atoms with van der Waals surface area (Å²) in [7, 11) is 5.86. The lowest BCUT2D eigenvalue weighted by atomic mass is 10.2. The molecule has 0 rings (SSSR count). The van der Waals surface area contributed by atoms with Crippen LogP contribution in [0.1, 0.15) is 27.2 Å². The topological polar surface area (TPSA) is 52.3 Å². The predicted molar refractivity (Wildman–Crippen MR) is 56.5 cm³/mol. The highest BCUT2D eigenvalue weighted by molar-refractivity contribution is 5.70. The summed E-state index contributed by atoms with van der Waals surface area (Å²) < 4.78 is 5.73. The Morgan fingerprint density at radius 2 is 1.73 bits per heavy atom. The number of carbonyl (C=O) groups is 1. The van der Waals surface area contributed by atoms with Gasteiger partial charge in [-0.1, -0.05) is 0 Å². The lowest BCUT2D eigenvalue weighted by molar-refractivity contribution is -0.895. The van der Waals surface area contributed by atoms with Gasteiger partial charge in [-0.15, -0.1) is 0 Å². The van der Waals surface area contributed by atoms with E-state index in [9.17, 15) is 4.79 Å². The maximum Gasteiger partial charge on any atom is 0.313 e. The first-order valence-electron chi connectivity index (χ1n) is 4.81. The van der Waals surface area contributed by atoms with Crippen molar-refractivity contribution in [2.24, 2.45) is 5.73 Å². The fourth-order valence-corrected chi connectivity index (χ4v) is 0.828. The van der Waals surface area contributed by atoms with E-state index in [2.05, 4.69) is 0 Å². The maximum atomic E-state index is 11.4. The van der Waals surface area contributed by atoms with Crippen molar-refractivity contribution in [3.63, 3.8) is 0 Å². The fraction of sp³-hybridized carbons (Fsp3) is 0.900. The molecule has 92 valence electrons. The number of carbonyl (C=O) groups excluding carboxylic acids is 1. The van der Waals surface area contributed by atoms with Gasteiger partial charge in [-0.05, 0) is 20.8 Å². The summed E-state index contributed by atoms with van der Waals surface area (Å²) in [6, 6.07) is 0. The van der Waals surface area contributed by atoms with Crippen LogP contribution in [0.15, 0.2) is 0 Å². The molecule has 0 aromatic carbocycles. The fourth-order valence-electron chi connectivity index (χ4n) is 0.828. The minimum absolute atomic E-state index is 0. The van der Waals surface area contributed by atoms with Crippen molar-refractivity contribution < 1.29 is 38.0 Å². The minimum atomic E-state index is -0.429. The number of hydrogen-bond acceptors (Lipinski definition) is 3. The third-order valence-corrected chi connectivity index (χ3v) is 1.79. The molecule has 1 unspecified atom stereocenters. The van der Waals surface area contributed by atoms with Crippen LogP contribution in [0.3, 0.4) is 0 Å². The molecule has 0 aliphatic carbocycles. The van der Waals surface area contributed by atoms with Crippen LogP contribution in [-0.4, -0.2) is 43.4 Å². The zero-order valence-electron chi connectivity index (χ0n) is 10.5. The molecule has 0 aliphatic heterocycles. The van der Waals surface area contributed by atoms with Crippen LogP contribution in [0, 0.1) is 0 Å². The van der Waals surface area contributed by atoms with Gasteiger partial charge in [0.1, 0.15) is 18.2 Å². The Hall–Kier alpha value is 0.120. The summed E-state index contributed by atoms with van der Waals surface area (Å²) >= 11 is 0. The third-order valence-electron chi connectivity index (χ3n) is 1.79. The molecular formula is C10H23IN2O2. The van der Waals surface area contributed by atoms with Gasteiger partial charge in [0.15, 0.2) is 0 Å². The van der Waals surface area contributed by atoms with Gasteiger partial charge in [0.05, 0.1) is 21.1 Å². The number of esters is 1. The molecule has 0 saturated heterocycles. The lowest BCUT2D eigenvalue weighted by Crippen LogP contribution is -3.00. The van der Waals surface area contributed by atoms with Crippen LogP contribution < -0.4 is 29.7 Å². The van der Waals surface area contributed by atoms with Crippen LogP contribution in [0.2, 0.25) is 0 Å². The number of quaternary nitrogens is 1. The molecule has 15 heavy (non-hydrogen) atoms. The molecule has 0 saturated carbocycles. The molecular weight excluding hydrogens is 307 g/mol. The van der Waals surface area contributed by atoms with E-state index in [1.54, 1.807) is 0 Å². The van der Waals surface area contributed by atoms with Gasteiger partial charge >= 0.3 is 5.97 Å². The Labute approximate surface area is 110 Å². The number of hydrogen-bond donors (Lipinski definition) is 1. The highest BCUT2D eigenvalue weighted by Gasteiger charge is 2.25. The van der Waals surface area contributed by atoms with E-state index in [-0.39, 0.29) is 42.5 Å². The molecule has 1 atom stereocenters. The number of nitrogens with two attached hydrogens (primary N) is 1. The molecule has 5 heteroatoms. The second kappa shape index (κ2) is 6.00.